The van der Waals surface area contributed by atoms with Gasteiger partial charge in [0.15, 0.2) is 0 Å². The summed E-state index contributed by atoms with van der Waals surface area (Å²) in [6.45, 7) is 0. The van der Waals surface area contributed by atoms with Gasteiger partial charge in [0.2, 0.25) is 0 Å². The zero-order chi connectivity index (χ0) is 17.6. The predicted molar refractivity (Wildman–Crippen MR) is 95.0 cm³/mol. The minimum Gasteiger partial charge on any atom is -0.497 e. The van der Waals surface area contributed by atoms with Crippen molar-refractivity contribution in [3.8, 4) is 22.6 Å². The van der Waals surface area contributed by atoms with Gasteiger partial charge in [-0.25, -0.2) is 4.98 Å². The summed E-state index contributed by atoms with van der Waals surface area (Å²) in [5.74, 6) is 1.16. The maximum atomic E-state index is 12.2. The molecule has 0 saturated heterocycles. The lowest BCUT2D eigenvalue weighted by Gasteiger charge is -2.12. The Hall–Kier alpha value is -3.41. The molecular formula is C19H17N3O3. The highest BCUT2D eigenvalue weighted by Crippen LogP contribution is 2.33. The highest BCUT2D eigenvalue weighted by atomic mass is 16.5. The van der Waals surface area contributed by atoms with E-state index in [0.29, 0.717) is 11.4 Å². The first-order valence-electron chi connectivity index (χ1n) is 7.61. The summed E-state index contributed by atoms with van der Waals surface area (Å²) in [5.41, 5.74) is 2.71. The molecule has 3 rings (SSSR count). The van der Waals surface area contributed by atoms with E-state index in [4.69, 9.17) is 9.47 Å². The number of benzene rings is 2. The molecule has 3 aromatic rings. The van der Waals surface area contributed by atoms with Crippen molar-refractivity contribution in [2.24, 2.45) is 0 Å². The van der Waals surface area contributed by atoms with Crippen molar-refractivity contribution in [3.05, 3.63) is 66.7 Å². The SMILES string of the molecule is COc1ccc(-c2cc(NC(=O)c3cnccn3)ccc2OC)cc1. The summed E-state index contributed by atoms with van der Waals surface area (Å²) in [5, 5.41) is 2.82. The summed E-state index contributed by atoms with van der Waals surface area (Å²) < 4.78 is 10.6. The number of amides is 1. The van der Waals surface area contributed by atoms with E-state index in [-0.39, 0.29) is 11.6 Å². The maximum Gasteiger partial charge on any atom is 0.275 e. The zero-order valence-corrected chi connectivity index (χ0v) is 13.9. The van der Waals surface area contributed by atoms with Crippen LogP contribution in [0.2, 0.25) is 0 Å². The molecule has 0 aliphatic rings. The summed E-state index contributed by atoms with van der Waals surface area (Å²) in [6, 6.07) is 13.1. The third-order valence-corrected chi connectivity index (χ3v) is 3.65. The Morgan fingerprint density at radius 1 is 1.00 bits per heavy atom. The normalized spacial score (nSPS) is 10.2. The molecule has 6 heteroatoms. The number of hydrogen-bond donors (Lipinski definition) is 1. The molecule has 0 fully saturated rings. The van der Waals surface area contributed by atoms with Crippen molar-refractivity contribution in [2.45, 2.75) is 0 Å². The van der Waals surface area contributed by atoms with Crippen molar-refractivity contribution in [2.75, 3.05) is 19.5 Å². The van der Waals surface area contributed by atoms with E-state index < -0.39 is 0 Å². The molecule has 2 aromatic carbocycles. The average molecular weight is 335 g/mol. The second-order valence-corrected chi connectivity index (χ2v) is 5.19. The average Bonchev–Trinajstić information content (AvgIpc) is 2.68. The number of methoxy groups -OCH3 is 2. The topological polar surface area (TPSA) is 73.3 Å². The van der Waals surface area contributed by atoms with Gasteiger partial charge in [-0.3, -0.25) is 9.78 Å². The molecule has 1 aromatic heterocycles. The zero-order valence-electron chi connectivity index (χ0n) is 13.9. The number of carbonyl (C=O) groups is 1. The van der Waals surface area contributed by atoms with Crippen molar-refractivity contribution >= 4 is 11.6 Å². The lowest BCUT2D eigenvalue weighted by atomic mass is 10.0. The lowest BCUT2D eigenvalue weighted by Crippen LogP contribution is -2.13. The Bertz CT molecular complexity index is 865. The van der Waals surface area contributed by atoms with Gasteiger partial charge in [-0.05, 0) is 35.9 Å². The summed E-state index contributed by atoms with van der Waals surface area (Å²) in [4.78, 5) is 20.1. The van der Waals surface area contributed by atoms with Crippen LogP contribution in [0.3, 0.4) is 0 Å². The van der Waals surface area contributed by atoms with Gasteiger partial charge in [0, 0.05) is 23.6 Å². The standard InChI is InChI=1S/C19H17N3O3/c1-24-15-6-3-13(4-7-15)16-11-14(5-8-18(16)25-2)22-19(23)17-12-20-9-10-21-17/h3-12H,1-2H3,(H,22,23). The lowest BCUT2D eigenvalue weighted by molar-refractivity contribution is 0.102. The summed E-state index contributed by atoms with van der Waals surface area (Å²) >= 11 is 0. The Morgan fingerprint density at radius 3 is 2.44 bits per heavy atom. The fraction of sp³-hybridized carbons (Fsp3) is 0.105. The maximum absolute atomic E-state index is 12.2. The van der Waals surface area contributed by atoms with Crippen LogP contribution in [0, 0.1) is 0 Å². The van der Waals surface area contributed by atoms with Crippen LogP contribution >= 0.6 is 0 Å². The van der Waals surface area contributed by atoms with E-state index in [2.05, 4.69) is 15.3 Å². The minimum atomic E-state index is -0.320. The smallest absolute Gasteiger partial charge is 0.275 e. The molecule has 1 amide bonds. The van der Waals surface area contributed by atoms with Crippen molar-refractivity contribution < 1.29 is 14.3 Å². The van der Waals surface area contributed by atoms with Gasteiger partial charge in [0.05, 0.1) is 20.4 Å². The van der Waals surface area contributed by atoms with E-state index in [9.17, 15) is 4.79 Å². The van der Waals surface area contributed by atoms with Crippen LogP contribution in [0.15, 0.2) is 61.1 Å². The molecule has 0 saturated carbocycles. The number of ether oxygens (including phenoxy) is 2. The van der Waals surface area contributed by atoms with E-state index in [0.717, 1.165) is 16.9 Å². The molecule has 6 nitrogen and oxygen atoms in total. The molecule has 0 bridgehead atoms. The van der Waals surface area contributed by atoms with Crippen molar-refractivity contribution in [1.82, 2.24) is 9.97 Å². The number of nitrogens with zero attached hydrogens (tertiary/aromatic N) is 2. The van der Waals surface area contributed by atoms with Gasteiger partial charge in [-0.15, -0.1) is 0 Å². The van der Waals surface area contributed by atoms with E-state index >= 15 is 0 Å². The number of rotatable bonds is 5. The van der Waals surface area contributed by atoms with Crippen LogP contribution in [0.5, 0.6) is 11.5 Å². The molecule has 25 heavy (non-hydrogen) atoms. The van der Waals surface area contributed by atoms with Gasteiger partial charge < -0.3 is 14.8 Å². The molecular weight excluding hydrogens is 318 g/mol. The highest BCUT2D eigenvalue weighted by molar-refractivity contribution is 6.03. The first-order chi connectivity index (χ1) is 12.2. The Labute approximate surface area is 145 Å². The predicted octanol–water partition coefficient (Wildman–Crippen LogP) is 3.41. The molecule has 0 atom stereocenters. The monoisotopic (exact) mass is 335 g/mol. The molecule has 1 heterocycles. The molecule has 0 radical (unpaired) electrons. The number of carbonyl (C=O) groups excluding carboxylic acids is 1. The second-order valence-electron chi connectivity index (χ2n) is 5.19. The molecule has 0 aliphatic carbocycles. The van der Waals surface area contributed by atoms with Crippen molar-refractivity contribution in [3.63, 3.8) is 0 Å². The highest BCUT2D eigenvalue weighted by Gasteiger charge is 2.11. The van der Waals surface area contributed by atoms with E-state index in [1.807, 2.05) is 36.4 Å². The number of nitrogens with one attached hydrogen (secondary N) is 1. The van der Waals surface area contributed by atoms with Gasteiger partial charge in [-0.2, -0.15) is 0 Å². The van der Waals surface area contributed by atoms with Crippen LogP contribution in [-0.4, -0.2) is 30.1 Å². The molecule has 1 N–H and O–H groups in total. The van der Waals surface area contributed by atoms with Gasteiger partial charge in [0.1, 0.15) is 17.2 Å². The van der Waals surface area contributed by atoms with Crippen molar-refractivity contribution in [1.29, 1.82) is 0 Å². The van der Waals surface area contributed by atoms with E-state index in [1.165, 1.54) is 18.6 Å². The second kappa shape index (κ2) is 7.44. The van der Waals surface area contributed by atoms with Gasteiger partial charge in [-0.1, -0.05) is 12.1 Å². The van der Waals surface area contributed by atoms with Crippen LogP contribution in [0.4, 0.5) is 5.69 Å². The quantitative estimate of drug-likeness (QED) is 0.773. The van der Waals surface area contributed by atoms with Crippen LogP contribution in [0.1, 0.15) is 10.5 Å². The summed E-state index contributed by atoms with van der Waals surface area (Å²) in [7, 11) is 3.23. The minimum absolute atomic E-state index is 0.254. The van der Waals surface area contributed by atoms with Gasteiger partial charge >= 0.3 is 0 Å². The Morgan fingerprint density at radius 2 is 1.80 bits per heavy atom. The third kappa shape index (κ3) is 3.74. The summed E-state index contributed by atoms with van der Waals surface area (Å²) in [6.07, 6.45) is 4.42. The Balaban J connectivity index is 1.90. The Kier molecular flexibility index (Phi) is 4.89. The fourth-order valence-corrected chi connectivity index (χ4v) is 2.39. The molecule has 126 valence electrons. The third-order valence-electron chi connectivity index (χ3n) is 3.65. The first kappa shape index (κ1) is 16.4. The van der Waals surface area contributed by atoms with Crippen LogP contribution < -0.4 is 14.8 Å². The molecule has 0 unspecified atom stereocenters. The van der Waals surface area contributed by atoms with Crippen LogP contribution in [-0.2, 0) is 0 Å². The van der Waals surface area contributed by atoms with E-state index in [1.54, 1.807) is 20.3 Å². The number of anilines is 1. The first-order valence-corrected chi connectivity index (χ1v) is 7.61. The van der Waals surface area contributed by atoms with Gasteiger partial charge in [0.25, 0.3) is 5.91 Å². The molecule has 0 spiro atoms. The largest absolute Gasteiger partial charge is 0.497 e. The fourth-order valence-electron chi connectivity index (χ4n) is 2.39. The van der Waals surface area contributed by atoms with Crippen LogP contribution in [0.25, 0.3) is 11.1 Å². The number of hydrogen-bond acceptors (Lipinski definition) is 5. The number of aromatic nitrogens is 2. The molecule has 0 aliphatic heterocycles.